The number of hydrogen-bond acceptors (Lipinski definition) is 3. The summed E-state index contributed by atoms with van der Waals surface area (Å²) in [7, 11) is 0. The number of benzene rings is 1. The van der Waals surface area contributed by atoms with Crippen LogP contribution in [0.1, 0.15) is 37.7 Å². The Morgan fingerprint density at radius 2 is 2.05 bits per heavy atom. The Bertz CT molecular complexity index is 455. The van der Waals surface area contributed by atoms with Crippen molar-refractivity contribution in [2.24, 2.45) is 5.73 Å². The molecule has 1 aromatic rings. The normalized spacial score (nSPS) is 15.6. The predicted octanol–water partition coefficient (Wildman–Crippen LogP) is 2.53. The lowest BCUT2D eigenvalue weighted by atomic mass is 10.2. The second-order valence-corrected chi connectivity index (χ2v) is 5.91. The molecule has 4 heteroatoms. The van der Waals surface area contributed by atoms with Gasteiger partial charge >= 0.3 is 0 Å². The highest BCUT2D eigenvalue weighted by Crippen LogP contribution is 2.23. The van der Waals surface area contributed by atoms with Crippen molar-refractivity contribution in [2.45, 2.75) is 45.1 Å². The minimum atomic E-state index is 0.0771. The number of aryl methyl sites for hydroxylation is 1. The number of para-hydroxylation sites is 1. The Balaban J connectivity index is 1.92. The molecule has 0 radical (unpaired) electrons. The maximum absolute atomic E-state index is 12.3. The fraction of sp³-hybridized carbons (Fsp3) is 0.588. The summed E-state index contributed by atoms with van der Waals surface area (Å²) in [6.07, 6.45) is 5.94. The number of anilines is 1. The average Bonchev–Trinajstić information content (AvgIpc) is 3.00. The number of hydrogen-bond donors (Lipinski definition) is 2. The van der Waals surface area contributed by atoms with Crippen LogP contribution in [-0.2, 0) is 4.79 Å². The zero-order valence-corrected chi connectivity index (χ0v) is 13.0. The van der Waals surface area contributed by atoms with Crippen molar-refractivity contribution >= 4 is 11.6 Å². The maximum atomic E-state index is 12.3. The molecule has 1 amide bonds. The van der Waals surface area contributed by atoms with E-state index in [1.807, 2.05) is 31.2 Å². The van der Waals surface area contributed by atoms with Crippen molar-refractivity contribution in [1.29, 1.82) is 0 Å². The van der Waals surface area contributed by atoms with Gasteiger partial charge in [-0.2, -0.15) is 0 Å². The Morgan fingerprint density at radius 1 is 1.33 bits per heavy atom. The highest BCUT2D eigenvalue weighted by atomic mass is 16.2. The van der Waals surface area contributed by atoms with Crippen LogP contribution in [0.5, 0.6) is 0 Å². The second kappa shape index (κ2) is 8.15. The van der Waals surface area contributed by atoms with Gasteiger partial charge in [-0.15, -0.1) is 0 Å². The zero-order chi connectivity index (χ0) is 15.1. The number of nitrogens with two attached hydrogens (primary N) is 1. The fourth-order valence-electron chi connectivity index (χ4n) is 3.04. The van der Waals surface area contributed by atoms with Crippen molar-refractivity contribution in [3.05, 3.63) is 29.8 Å². The largest absolute Gasteiger partial charge is 0.330 e. The van der Waals surface area contributed by atoms with E-state index in [0.29, 0.717) is 19.1 Å². The molecule has 116 valence electrons. The van der Waals surface area contributed by atoms with Gasteiger partial charge in [0.05, 0.1) is 6.54 Å². The SMILES string of the molecule is Cc1ccccc1NC(=O)CN(CCCN)C1CCCC1. The van der Waals surface area contributed by atoms with E-state index in [1.54, 1.807) is 0 Å². The fourth-order valence-corrected chi connectivity index (χ4v) is 3.04. The Hall–Kier alpha value is -1.39. The van der Waals surface area contributed by atoms with Crippen molar-refractivity contribution in [3.63, 3.8) is 0 Å². The topological polar surface area (TPSA) is 58.4 Å². The molecule has 1 aliphatic rings. The molecule has 0 unspecified atom stereocenters. The average molecular weight is 289 g/mol. The number of amides is 1. The van der Waals surface area contributed by atoms with Gasteiger partial charge in [-0.1, -0.05) is 31.0 Å². The maximum Gasteiger partial charge on any atom is 0.238 e. The molecule has 4 nitrogen and oxygen atoms in total. The van der Waals surface area contributed by atoms with E-state index >= 15 is 0 Å². The van der Waals surface area contributed by atoms with Crippen LogP contribution in [-0.4, -0.2) is 36.5 Å². The Kier molecular flexibility index (Phi) is 6.21. The minimum absolute atomic E-state index is 0.0771. The molecule has 1 fully saturated rings. The highest BCUT2D eigenvalue weighted by Gasteiger charge is 2.23. The summed E-state index contributed by atoms with van der Waals surface area (Å²) in [6.45, 7) is 4.09. The van der Waals surface area contributed by atoms with Gasteiger partial charge < -0.3 is 11.1 Å². The molecule has 1 aliphatic carbocycles. The van der Waals surface area contributed by atoms with E-state index in [4.69, 9.17) is 5.73 Å². The summed E-state index contributed by atoms with van der Waals surface area (Å²) in [6, 6.07) is 8.45. The smallest absolute Gasteiger partial charge is 0.238 e. The van der Waals surface area contributed by atoms with E-state index in [9.17, 15) is 4.79 Å². The van der Waals surface area contributed by atoms with E-state index in [2.05, 4.69) is 10.2 Å². The molecule has 0 aliphatic heterocycles. The summed E-state index contributed by atoms with van der Waals surface area (Å²) in [5.41, 5.74) is 7.63. The van der Waals surface area contributed by atoms with Gasteiger partial charge in [0.2, 0.25) is 5.91 Å². The van der Waals surface area contributed by atoms with Gasteiger partial charge in [0.25, 0.3) is 0 Å². The van der Waals surface area contributed by atoms with Gasteiger partial charge in [-0.3, -0.25) is 9.69 Å². The number of rotatable bonds is 7. The van der Waals surface area contributed by atoms with Crippen molar-refractivity contribution in [1.82, 2.24) is 4.90 Å². The van der Waals surface area contributed by atoms with Gasteiger partial charge in [-0.25, -0.2) is 0 Å². The molecule has 0 heterocycles. The molecule has 0 saturated heterocycles. The molecular formula is C17H27N3O. The van der Waals surface area contributed by atoms with Crippen LogP contribution in [0.25, 0.3) is 0 Å². The van der Waals surface area contributed by atoms with Crippen LogP contribution < -0.4 is 11.1 Å². The Labute approximate surface area is 127 Å². The third-order valence-corrected chi connectivity index (χ3v) is 4.26. The summed E-state index contributed by atoms with van der Waals surface area (Å²) < 4.78 is 0. The lowest BCUT2D eigenvalue weighted by molar-refractivity contribution is -0.117. The monoisotopic (exact) mass is 289 g/mol. The molecule has 3 N–H and O–H groups in total. The molecular weight excluding hydrogens is 262 g/mol. The lowest BCUT2D eigenvalue weighted by Gasteiger charge is -2.28. The van der Waals surface area contributed by atoms with E-state index in [0.717, 1.165) is 24.2 Å². The number of nitrogens with one attached hydrogen (secondary N) is 1. The van der Waals surface area contributed by atoms with E-state index < -0.39 is 0 Å². The quantitative estimate of drug-likeness (QED) is 0.811. The third-order valence-electron chi connectivity index (χ3n) is 4.26. The van der Waals surface area contributed by atoms with Gasteiger partial charge in [-0.05, 0) is 44.4 Å². The first-order valence-electron chi connectivity index (χ1n) is 8.00. The van der Waals surface area contributed by atoms with Gasteiger partial charge in [0.1, 0.15) is 0 Å². The first-order valence-corrected chi connectivity index (χ1v) is 8.00. The molecule has 1 saturated carbocycles. The molecule has 0 spiro atoms. The number of carbonyl (C=O) groups excluding carboxylic acids is 1. The van der Waals surface area contributed by atoms with Gasteiger partial charge in [0, 0.05) is 18.3 Å². The molecule has 0 bridgehead atoms. The summed E-state index contributed by atoms with van der Waals surface area (Å²) in [4.78, 5) is 14.6. The Morgan fingerprint density at radius 3 is 2.71 bits per heavy atom. The summed E-state index contributed by atoms with van der Waals surface area (Å²) in [5.74, 6) is 0.0771. The third kappa shape index (κ3) is 4.83. The number of carbonyl (C=O) groups is 1. The predicted molar refractivity (Wildman–Crippen MR) is 87.3 cm³/mol. The highest BCUT2D eigenvalue weighted by molar-refractivity contribution is 5.92. The molecule has 0 atom stereocenters. The van der Waals surface area contributed by atoms with Crippen molar-refractivity contribution in [2.75, 3.05) is 25.0 Å². The van der Waals surface area contributed by atoms with Crippen LogP contribution in [0, 0.1) is 6.92 Å². The van der Waals surface area contributed by atoms with Crippen LogP contribution in [0.2, 0.25) is 0 Å². The number of nitrogens with zero attached hydrogens (tertiary/aromatic N) is 1. The lowest BCUT2D eigenvalue weighted by Crippen LogP contribution is -2.40. The molecule has 1 aromatic carbocycles. The van der Waals surface area contributed by atoms with Crippen molar-refractivity contribution < 1.29 is 4.79 Å². The van der Waals surface area contributed by atoms with Crippen LogP contribution >= 0.6 is 0 Å². The van der Waals surface area contributed by atoms with Gasteiger partial charge in [0.15, 0.2) is 0 Å². The van der Waals surface area contributed by atoms with Crippen LogP contribution in [0.15, 0.2) is 24.3 Å². The summed E-state index contributed by atoms with van der Waals surface area (Å²) in [5, 5.41) is 3.03. The second-order valence-electron chi connectivity index (χ2n) is 5.91. The first-order chi connectivity index (χ1) is 10.2. The minimum Gasteiger partial charge on any atom is -0.330 e. The standard InChI is InChI=1S/C17H27N3O/c1-14-7-2-5-10-16(14)19-17(21)13-20(12-6-11-18)15-8-3-4-9-15/h2,5,7,10,15H,3-4,6,8-9,11-13,18H2,1H3,(H,19,21). The van der Waals surface area contributed by atoms with Crippen LogP contribution in [0.4, 0.5) is 5.69 Å². The molecule has 21 heavy (non-hydrogen) atoms. The van der Waals surface area contributed by atoms with E-state index in [-0.39, 0.29) is 5.91 Å². The zero-order valence-electron chi connectivity index (χ0n) is 13.0. The molecule has 0 aromatic heterocycles. The first kappa shape index (κ1) is 16.0. The molecule has 2 rings (SSSR count). The van der Waals surface area contributed by atoms with Crippen molar-refractivity contribution in [3.8, 4) is 0 Å². The van der Waals surface area contributed by atoms with Crippen LogP contribution in [0.3, 0.4) is 0 Å². The van der Waals surface area contributed by atoms with E-state index in [1.165, 1.54) is 25.7 Å². The summed E-state index contributed by atoms with van der Waals surface area (Å²) >= 11 is 0.